The summed E-state index contributed by atoms with van der Waals surface area (Å²) in [5.74, 6) is -0.122. The number of hydrogen-bond acceptors (Lipinski definition) is 3. The first-order chi connectivity index (χ1) is 14.0. The standard InChI is InChI=1S/C21H18BrClN4O2/c22-17-3-7-19(8-4-17)27-14-16(13-24-27)21(29)26-11-9-25(10-12-26)20(28)15-1-5-18(23)6-2-15/h1-8,13-14H,9-12H2. The molecule has 0 spiro atoms. The first-order valence-corrected chi connectivity index (χ1v) is 10.3. The highest BCUT2D eigenvalue weighted by Crippen LogP contribution is 2.16. The number of benzene rings is 2. The van der Waals surface area contributed by atoms with E-state index in [9.17, 15) is 9.59 Å². The Morgan fingerprint density at radius 2 is 1.38 bits per heavy atom. The van der Waals surface area contributed by atoms with Crippen LogP contribution >= 0.6 is 27.5 Å². The molecule has 0 saturated carbocycles. The molecule has 2 aromatic carbocycles. The van der Waals surface area contributed by atoms with Crippen molar-refractivity contribution in [2.45, 2.75) is 0 Å². The fraction of sp³-hybridized carbons (Fsp3) is 0.190. The molecule has 0 N–H and O–H groups in total. The van der Waals surface area contributed by atoms with Crippen molar-refractivity contribution in [3.8, 4) is 5.69 Å². The van der Waals surface area contributed by atoms with Gasteiger partial charge in [-0.1, -0.05) is 27.5 Å². The summed E-state index contributed by atoms with van der Waals surface area (Å²) in [6.07, 6.45) is 3.31. The third-order valence-electron chi connectivity index (χ3n) is 4.87. The van der Waals surface area contributed by atoms with Crippen LogP contribution in [0.3, 0.4) is 0 Å². The summed E-state index contributed by atoms with van der Waals surface area (Å²) >= 11 is 9.29. The highest BCUT2D eigenvalue weighted by Gasteiger charge is 2.26. The van der Waals surface area contributed by atoms with E-state index in [0.717, 1.165) is 10.2 Å². The molecule has 0 atom stereocenters. The third kappa shape index (κ3) is 4.36. The van der Waals surface area contributed by atoms with E-state index in [1.165, 1.54) is 0 Å². The van der Waals surface area contributed by atoms with Crippen LogP contribution in [-0.2, 0) is 0 Å². The van der Waals surface area contributed by atoms with Gasteiger partial charge in [0.2, 0.25) is 0 Å². The van der Waals surface area contributed by atoms with Gasteiger partial charge < -0.3 is 9.80 Å². The Morgan fingerprint density at radius 3 is 1.97 bits per heavy atom. The zero-order valence-electron chi connectivity index (χ0n) is 15.5. The average molecular weight is 474 g/mol. The topological polar surface area (TPSA) is 58.4 Å². The van der Waals surface area contributed by atoms with Gasteiger partial charge in [-0.25, -0.2) is 4.68 Å². The summed E-state index contributed by atoms with van der Waals surface area (Å²) in [5, 5.41) is 4.90. The van der Waals surface area contributed by atoms with Gasteiger partial charge in [0.15, 0.2) is 0 Å². The predicted octanol–water partition coefficient (Wildman–Crippen LogP) is 3.89. The van der Waals surface area contributed by atoms with Crippen molar-refractivity contribution in [3.63, 3.8) is 0 Å². The smallest absolute Gasteiger partial charge is 0.257 e. The minimum Gasteiger partial charge on any atom is -0.335 e. The van der Waals surface area contributed by atoms with Crippen LogP contribution in [0.25, 0.3) is 5.69 Å². The minimum absolute atomic E-state index is 0.0446. The van der Waals surface area contributed by atoms with Gasteiger partial charge in [0, 0.05) is 47.4 Å². The number of carbonyl (C=O) groups is 2. The molecule has 6 nitrogen and oxygen atoms in total. The Bertz CT molecular complexity index is 1030. The maximum atomic E-state index is 12.8. The normalized spacial score (nSPS) is 14.1. The number of hydrogen-bond donors (Lipinski definition) is 0. The maximum Gasteiger partial charge on any atom is 0.257 e. The van der Waals surface area contributed by atoms with Crippen LogP contribution in [0.1, 0.15) is 20.7 Å². The number of rotatable bonds is 3. The SMILES string of the molecule is O=C(c1ccc(Cl)cc1)N1CCN(C(=O)c2cnn(-c3ccc(Br)cc3)c2)CC1. The monoisotopic (exact) mass is 472 g/mol. The number of halogens is 2. The van der Waals surface area contributed by atoms with Crippen LogP contribution in [-0.4, -0.2) is 57.6 Å². The highest BCUT2D eigenvalue weighted by molar-refractivity contribution is 9.10. The van der Waals surface area contributed by atoms with Gasteiger partial charge in [0.1, 0.15) is 0 Å². The number of amides is 2. The van der Waals surface area contributed by atoms with Crippen LogP contribution in [0.15, 0.2) is 65.4 Å². The fourth-order valence-corrected chi connectivity index (χ4v) is 3.63. The van der Waals surface area contributed by atoms with Crippen LogP contribution in [0.5, 0.6) is 0 Å². The quantitative estimate of drug-likeness (QED) is 0.580. The van der Waals surface area contributed by atoms with E-state index >= 15 is 0 Å². The molecule has 4 rings (SSSR count). The molecule has 0 bridgehead atoms. The summed E-state index contributed by atoms with van der Waals surface area (Å²) < 4.78 is 2.66. The van der Waals surface area contributed by atoms with Crippen molar-refractivity contribution in [1.29, 1.82) is 0 Å². The van der Waals surface area contributed by atoms with Gasteiger partial charge in [0.25, 0.3) is 11.8 Å². The molecule has 1 aliphatic rings. The van der Waals surface area contributed by atoms with E-state index in [0.29, 0.717) is 42.3 Å². The van der Waals surface area contributed by atoms with E-state index in [-0.39, 0.29) is 11.8 Å². The Labute approximate surface area is 181 Å². The summed E-state index contributed by atoms with van der Waals surface area (Å²) in [6.45, 7) is 1.96. The highest BCUT2D eigenvalue weighted by atomic mass is 79.9. The Balaban J connectivity index is 1.38. The van der Waals surface area contributed by atoms with Gasteiger partial charge in [-0.2, -0.15) is 5.10 Å². The molecular weight excluding hydrogens is 456 g/mol. The van der Waals surface area contributed by atoms with Crippen molar-refractivity contribution in [2.75, 3.05) is 26.2 Å². The second-order valence-electron chi connectivity index (χ2n) is 6.74. The first kappa shape index (κ1) is 19.7. The van der Waals surface area contributed by atoms with Gasteiger partial charge >= 0.3 is 0 Å². The molecule has 0 aliphatic carbocycles. The average Bonchev–Trinajstić information content (AvgIpc) is 3.24. The van der Waals surface area contributed by atoms with Crippen LogP contribution in [0.2, 0.25) is 5.02 Å². The Kier molecular flexibility index (Phi) is 5.69. The Morgan fingerprint density at radius 1 is 0.828 bits per heavy atom. The number of nitrogens with zero attached hydrogens (tertiary/aromatic N) is 4. The number of piperazine rings is 1. The van der Waals surface area contributed by atoms with Crippen LogP contribution < -0.4 is 0 Å². The molecule has 1 fully saturated rings. The predicted molar refractivity (Wildman–Crippen MR) is 115 cm³/mol. The second kappa shape index (κ2) is 8.39. The summed E-state index contributed by atoms with van der Waals surface area (Å²) in [4.78, 5) is 29.0. The zero-order valence-corrected chi connectivity index (χ0v) is 17.8. The second-order valence-corrected chi connectivity index (χ2v) is 8.09. The molecular formula is C21H18BrClN4O2. The molecule has 1 saturated heterocycles. The minimum atomic E-state index is -0.0769. The van der Waals surface area contributed by atoms with E-state index in [4.69, 9.17) is 11.6 Å². The summed E-state index contributed by atoms with van der Waals surface area (Å²) in [6, 6.07) is 14.6. The lowest BCUT2D eigenvalue weighted by molar-refractivity contribution is 0.0535. The summed E-state index contributed by atoms with van der Waals surface area (Å²) in [7, 11) is 0. The molecule has 1 aromatic heterocycles. The van der Waals surface area contributed by atoms with Crippen LogP contribution in [0.4, 0.5) is 0 Å². The number of aromatic nitrogens is 2. The summed E-state index contributed by atoms with van der Waals surface area (Å²) in [5.41, 5.74) is 2.01. The van der Waals surface area contributed by atoms with E-state index in [2.05, 4.69) is 21.0 Å². The van der Waals surface area contributed by atoms with Gasteiger partial charge in [-0.05, 0) is 48.5 Å². The molecule has 8 heteroatoms. The lowest BCUT2D eigenvalue weighted by Crippen LogP contribution is -2.50. The fourth-order valence-electron chi connectivity index (χ4n) is 3.24. The molecule has 0 radical (unpaired) electrons. The van der Waals surface area contributed by atoms with E-state index < -0.39 is 0 Å². The first-order valence-electron chi connectivity index (χ1n) is 9.16. The molecule has 3 aromatic rings. The maximum absolute atomic E-state index is 12.8. The van der Waals surface area contributed by atoms with Gasteiger partial charge in [0.05, 0.1) is 17.4 Å². The van der Waals surface area contributed by atoms with Crippen LogP contribution in [0, 0.1) is 0 Å². The van der Waals surface area contributed by atoms with Crippen molar-refractivity contribution in [2.24, 2.45) is 0 Å². The zero-order chi connectivity index (χ0) is 20.4. The van der Waals surface area contributed by atoms with Gasteiger partial charge in [-0.3, -0.25) is 9.59 Å². The largest absolute Gasteiger partial charge is 0.335 e. The van der Waals surface area contributed by atoms with Crippen molar-refractivity contribution in [3.05, 3.63) is 81.5 Å². The third-order valence-corrected chi connectivity index (χ3v) is 5.65. The molecule has 2 amide bonds. The lowest BCUT2D eigenvalue weighted by atomic mass is 10.1. The van der Waals surface area contributed by atoms with Crippen molar-refractivity contribution < 1.29 is 9.59 Å². The molecule has 0 unspecified atom stereocenters. The molecule has 2 heterocycles. The van der Waals surface area contributed by atoms with E-state index in [1.807, 2.05) is 24.3 Å². The Hall–Kier alpha value is -2.64. The van der Waals surface area contributed by atoms with Crippen molar-refractivity contribution in [1.82, 2.24) is 19.6 Å². The van der Waals surface area contributed by atoms with Crippen molar-refractivity contribution >= 4 is 39.3 Å². The van der Waals surface area contributed by atoms with Gasteiger partial charge in [-0.15, -0.1) is 0 Å². The molecule has 29 heavy (non-hydrogen) atoms. The lowest BCUT2D eigenvalue weighted by Gasteiger charge is -2.34. The van der Waals surface area contributed by atoms with E-state index in [1.54, 1.807) is 51.1 Å². The number of carbonyl (C=O) groups excluding carboxylic acids is 2. The molecule has 1 aliphatic heterocycles. The molecule has 148 valence electrons.